The molecule has 0 aliphatic heterocycles. The molecule has 1 heterocycles. The minimum atomic E-state index is -0.332. The number of hydrogen-bond acceptors (Lipinski definition) is 5. The van der Waals surface area contributed by atoms with Crippen LogP contribution in [0.25, 0.3) is 0 Å². The average molecular weight is 291 g/mol. The number of hydrogen-bond donors (Lipinski definition) is 1. The predicted octanol–water partition coefficient (Wildman–Crippen LogP) is 4.10. The van der Waals surface area contributed by atoms with E-state index in [1.807, 2.05) is 32.2 Å². The predicted molar refractivity (Wildman–Crippen MR) is 81.4 cm³/mol. The molecule has 0 saturated heterocycles. The van der Waals surface area contributed by atoms with Crippen LogP contribution in [-0.4, -0.2) is 9.91 Å². The number of thiazole rings is 1. The van der Waals surface area contributed by atoms with Gasteiger partial charge in [-0.15, -0.1) is 11.3 Å². The lowest BCUT2D eigenvalue weighted by atomic mass is 10.1. The summed E-state index contributed by atoms with van der Waals surface area (Å²) < 4.78 is 0. The largest absolute Gasteiger partial charge is 0.377 e. The van der Waals surface area contributed by atoms with E-state index in [0.717, 1.165) is 22.0 Å². The highest BCUT2D eigenvalue weighted by Crippen LogP contribution is 2.26. The van der Waals surface area contributed by atoms with Gasteiger partial charge in [0.05, 0.1) is 21.7 Å². The Labute approximate surface area is 121 Å². The van der Waals surface area contributed by atoms with Gasteiger partial charge in [-0.1, -0.05) is 13.0 Å². The Morgan fingerprint density at radius 2 is 2.25 bits per heavy atom. The Morgan fingerprint density at radius 1 is 1.50 bits per heavy atom. The van der Waals surface area contributed by atoms with E-state index in [4.69, 9.17) is 0 Å². The van der Waals surface area contributed by atoms with E-state index < -0.39 is 0 Å². The molecule has 0 bridgehead atoms. The van der Waals surface area contributed by atoms with Gasteiger partial charge >= 0.3 is 0 Å². The second-order valence-electron chi connectivity index (χ2n) is 4.61. The van der Waals surface area contributed by atoms with Gasteiger partial charge in [0.1, 0.15) is 0 Å². The van der Waals surface area contributed by atoms with E-state index in [2.05, 4.69) is 10.3 Å². The molecule has 0 saturated carbocycles. The van der Waals surface area contributed by atoms with Crippen molar-refractivity contribution in [2.24, 2.45) is 0 Å². The van der Waals surface area contributed by atoms with E-state index >= 15 is 0 Å². The number of rotatable bonds is 5. The van der Waals surface area contributed by atoms with Crippen molar-refractivity contribution in [2.75, 3.05) is 5.32 Å². The van der Waals surface area contributed by atoms with Gasteiger partial charge in [-0.2, -0.15) is 0 Å². The minimum absolute atomic E-state index is 0.0204. The molecule has 2 rings (SSSR count). The third kappa shape index (κ3) is 3.14. The summed E-state index contributed by atoms with van der Waals surface area (Å²) >= 11 is 1.60. The molecule has 106 valence electrons. The zero-order chi connectivity index (χ0) is 14.7. The summed E-state index contributed by atoms with van der Waals surface area (Å²) in [6.45, 7) is 5.87. The fraction of sp³-hybridized carbons (Fsp3) is 0.357. The van der Waals surface area contributed by atoms with Crippen LogP contribution in [0, 0.1) is 17.0 Å². The lowest BCUT2D eigenvalue weighted by molar-refractivity contribution is -0.385. The quantitative estimate of drug-likeness (QED) is 0.665. The van der Waals surface area contributed by atoms with Crippen LogP contribution in [0.1, 0.15) is 36.2 Å². The third-order valence-electron chi connectivity index (χ3n) is 3.13. The number of aryl methyl sites for hydroxylation is 2. The van der Waals surface area contributed by atoms with Crippen LogP contribution in [0.4, 0.5) is 11.4 Å². The number of aromatic nitrogens is 1. The van der Waals surface area contributed by atoms with Gasteiger partial charge < -0.3 is 5.32 Å². The summed E-state index contributed by atoms with van der Waals surface area (Å²) in [4.78, 5) is 15.1. The van der Waals surface area contributed by atoms with Crippen LogP contribution in [0.2, 0.25) is 0 Å². The highest BCUT2D eigenvalue weighted by molar-refractivity contribution is 7.09. The molecule has 0 radical (unpaired) electrons. The summed E-state index contributed by atoms with van der Waals surface area (Å²) in [5, 5.41) is 17.3. The Hall–Kier alpha value is -1.95. The first-order valence-electron chi connectivity index (χ1n) is 6.47. The number of nitro benzene ring substituents is 1. The summed E-state index contributed by atoms with van der Waals surface area (Å²) in [5.41, 5.74) is 2.61. The van der Waals surface area contributed by atoms with Gasteiger partial charge in [-0.3, -0.25) is 10.1 Å². The fourth-order valence-corrected chi connectivity index (χ4v) is 2.73. The molecule has 1 N–H and O–H groups in total. The second kappa shape index (κ2) is 6.00. The Kier molecular flexibility index (Phi) is 4.34. The zero-order valence-corrected chi connectivity index (χ0v) is 12.5. The van der Waals surface area contributed by atoms with Gasteiger partial charge in [-0.05, 0) is 26.3 Å². The van der Waals surface area contributed by atoms with Gasteiger partial charge in [0.2, 0.25) is 0 Å². The lowest BCUT2D eigenvalue weighted by Crippen LogP contribution is -2.07. The highest BCUT2D eigenvalue weighted by atomic mass is 32.1. The number of anilines is 1. The van der Waals surface area contributed by atoms with Gasteiger partial charge in [0.15, 0.2) is 0 Å². The number of nitro groups is 1. The molecule has 1 atom stereocenters. The maximum Gasteiger partial charge on any atom is 0.274 e. The first-order valence-corrected chi connectivity index (χ1v) is 7.35. The monoisotopic (exact) mass is 291 g/mol. The SMILES string of the molecule is CCc1ccc(NC(C)c2csc(C)n2)cc1[N+](=O)[O-]. The summed E-state index contributed by atoms with van der Waals surface area (Å²) in [6.07, 6.45) is 0.650. The Morgan fingerprint density at radius 3 is 2.80 bits per heavy atom. The second-order valence-corrected chi connectivity index (χ2v) is 5.67. The topological polar surface area (TPSA) is 68.1 Å². The molecule has 20 heavy (non-hydrogen) atoms. The molecule has 0 aliphatic rings. The molecule has 2 aromatic rings. The van der Waals surface area contributed by atoms with Crippen LogP contribution in [-0.2, 0) is 6.42 Å². The summed E-state index contributed by atoms with van der Waals surface area (Å²) in [7, 11) is 0. The van der Waals surface area contributed by atoms with Crippen LogP contribution in [0.3, 0.4) is 0 Å². The van der Waals surface area contributed by atoms with Crippen LogP contribution in [0.5, 0.6) is 0 Å². The van der Waals surface area contributed by atoms with Crippen molar-refractivity contribution in [1.82, 2.24) is 4.98 Å². The molecule has 1 unspecified atom stereocenters. The number of benzene rings is 1. The number of nitrogens with zero attached hydrogens (tertiary/aromatic N) is 2. The smallest absolute Gasteiger partial charge is 0.274 e. The zero-order valence-electron chi connectivity index (χ0n) is 11.7. The normalized spacial score (nSPS) is 12.2. The maximum absolute atomic E-state index is 11.1. The van der Waals surface area contributed by atoms with Crippen molar-refractivity contribution in [3.05, 3.63) is 50.0 Å². The molecule has 0 fully saturated rings. The van der Waals surface area contributed by atoms with E-state index in [-0.39, 0.29) is 16.7 Å². The van der Waals surface area contributed by atoms with Gasteiger partial charge in [0, 0.05) is 22.7 Å². The lowest BCUT2D eigenvalue weighted by Gasteiger charge is -2.13. The Balaban J connectivity index is 2.21. The fourth-order valence-electron chi connectivity index (χ4n) is 2.03. The van der Waals surface area contributed by atoms with Crippen molar-refractivity contribution in [1.29, 1.82) is 0 Å². The molecule has 6 heteroatoms. The molecule has 0 aliphatic carbocycles. The van der Waals surface area contributed by atoms with Crippen LogP contribution >= 0.6 is 11.3 Å². The number of nitrogens with one attached hydrogen (secondary N) is 1. The molecule has 0 amide bonds. The van der Waals surface area contributed by atoms with Crippen molar-refractivity contribution in [3.8, 4) is 0 Å². The van der Waals surface area contributed by atoms with E-state index in [9.17, 15) is 10.1 Å². The first kappa shape index (κ1) is 14.5. The van der Waals surface area contributed by atoms with Crippen molar-refractivity contribution >= 4 is 22.7 Å². The maximum atomic E-state index is 11.1. The Bertz CT molecular complexity index is 625. The highest BCUT2D eigenvalue weighted by Gasteiger charge is 2.15. The van der Waals surface area contributed by atoms with Gasteiger partial charge in [-0.25, -0.2) is 4.98 Å². The molecule has 1 aromatic carbocycles. The molecule has 5 nitrogen and oxygen atoms in total. The molecular weight excluding hydrogens is 274 g/mol. The van der Waals surface area contributed by atoms with E-state index in [0.29, 0.717) is 6.42 Å². The van der Waals surface area contributed by atoms with Crippen molar-refractivity contribution in [3.63, 3.8) is 0 Å². The van der Waals surface area contributed by atoms with Crippen molar-refractivity contribution in [2.45, 2.75) is 33.2 Å². The standard InChI is InChI=1S/C14H17N3O2S/c1-4-11-5-6-12(7-14(11)17(18)19)15-9(2)13-8-20-10(3)16-13/h5-9,15H,4H2,1-3H3. The van der Waals surface area contributed by atoms with Crippen molar-refractivity contribution < 1.29 is 4.92 Å². The average Bonchev–Trinajstić information content (AvgIpc) is 2.85. The summed E-state index contributed by atoms with van der Waals surface area (Å²) in [6, 6.07) is 5.29. The molecule has 1 aromatic heterocycles. The minimum Gasteiger partial charge on any atom is -0.377 e. The van der Waals surface area contributed by atoms with Gasteiger partial charge in [0.25, 0.3) is 5.69 Å². The molecular formula is C14H17N3O2S. The third-order valence-corrected chi connectivity index (χ3v) is 3.92. The summed E-state index contributed by atoms with van der Waals surface area (Å²) in [5.74, 6) is 0. The van der Waals surface area contributed by atoms with Crippen LogP contribution in [0.15, 0.2) is 23.6 Å². The first-order chi connectivity index (χ1) is 9.51. The van der Waals surface area contributed by atoms with E-state index in [1.165, 1.54) is 0 Å². The van der Waals surface area contributed by atoms with Crippen LogP contribution < -0.4 is 5.32 Å². The van der Waals surface area contributed by atoms with E-state index in [1.54, 1.807) is 23.5 Å². The molecule has 0 spiro atoms.